The largest absolute Gasteiger partial charge is 0.493 e. The first kappa shape index (κ1) is 24.8. The second kappa shape index (κ2) is 11.9. The number of carbonyl (C=O) groups excluding carboxylic acids is 2. The van der Waals surface area contributed by atoms with Crippen LogP contribution in [0.2, 0.25) is 0 Å². The molecule has 0 radical (unpaired) electrons. The van der Waals surface area contributed by atoms with E-state index in [1.807, 2.05) is 12.1 Å². The molecule has 0 aliphatic carbocycles. The zero-order chi connectivity index (χ0) is 24.5. The van der Waals surface area contributed by atoms with Crippen LogP contribution in [0.15, 0.2) is 76.3 Å². The van der Waals surface area contributed by atoms with Crippen molar-refractivity contribution < 1.29 is 28.5 Å². The Morgan fingerprint density at radius 2 is 1.56 bits per heavy atom. The van der Waals surface area contributed by atoms with Crippen LogP contribution in [0.4, 0.5) is 0 Å². The molecule has 1 atom stereocenters. The van der Waals surface area contributed by atoms with Gasteiger partial charge < -0.3 is 18.9 Å². The number of esters is 1. The maximum Gasteiger partial charge on any atom is 0.343 e. The van der Waals surface area contributed by atoms with Gasteiger partial charge in [-0.1, -0.05) is 15.9 Å². The number of hydrogen-bond donors (Lipinski definition) is 1. The predicted molar refractivity (Wildman–Crippen MR) is 131 cm³/mol. The number of halogens is 1. The van der Waals surface area contributed by atoms with E-state index in [0.29, 0.717) is 34.1 Å². The molecule has 1 amide bonds. The fourth-order valence-electron chi connectivity index (χ4n) is 2.78. The molecular weight excluding hydrogens is 504 g/mol. The summed E-state index contributed by atoms with van der Waals surface area (Å²) in [6.45, 7) is 1.63. The molecule has 3 aromatic rings. The van der Waals surface area contributed by atoms with Crippen LogP contribution < -0.4 is 24.4 Å². The molecule has 0 saturated heterocycles. The Balaban J connectivity index is 1.52. The van der Waals surface area contributed by atoms with Crippen molar-refractivity contribution in [1.29, 1.82) is 0 Å². The fourth-order valence-corrected chi connectivity index (χ4v) is 3.05. The number of ether oxygens (including phenoxy) is 4. The summed E-state index contributed by atoms with van der Waals surface area (Å²) in [5, 5.41) is 3.95. The number of methoxy groups -OCH3 is 2. The SMILES string of the molecule is COc1ccc(C(=O)Oc2ccc(C=NNC(=O)C(C)Oc3ccc(Br)cc3)cc2)cc1OC. The topological polar surface area (TPSA) is 95.5 Å². The second-order valence-electron chi connectivity index (χ2n) is 6.98. The fraction of sp³-hybridized carbons (Fsp3) is 0.160. The third-order valence-corrected chi connectivity index (χ3v) is 5.12. The van der Waals surface area contributed by atoms with E-state index in [2.05, 4.69) is 26.5 Å². The molecular formula is C25H23BrN2O6. The number of hydrogen-bond acceptors (Lipinski definition) is 7. The van der Waals surface area contributed by atoms with E-state index in [1.165, 1.54) is 20.4 Å². The molecule has 8 nitrogen and oxygen atoms in total. The van der Waals surface area contributed by atoms with Crippen LogP contribution in [0, 0.1) is 0 Å². The predicted octanol–water partition coefficient (Wildman–Crippen LogP) is 4.60. The van der Waals surface area contributed by atoms with Gasteiger partial charge in [-0.15, -0.1) is 0 Å². The molecule has 3 rings (SSSR count). The van der Waals surface area contributed by atoms with Gasteiger partial charge in [0.05, 0.1) is 26.0 Å². The van der Waals surface area contributed by atoms with Gasteiger partial charge in [0, 0.05) is 4.47 Å². The molecule has 0 aliphatic heterocycles. The van der Waals surface area contributed by atoms with Gasteiger partial charge in [0.15, 0.2) is 17.6 Å². The highest BCUT2D eigenvalue weighted by atomic mass is 79.9. The summed E-state index contributed by atoms with van der Waals surface area (Å²) in [7, 11) is 3.01. The highest BCUT2D eigenvalue weighted by Gasteiger charge is 2.14. The number of nitrogens with zero attached hydrogens (tertiary/aromatic N) is 1. The standard InChI is InChI=1S/C25H23BrN2O6/c1-16(33-20-11-7-19(26)8-12-20)24(29)28-27-15-17-4-9-21(10-5-17)34-25(30)18-6-13-22(31-2)23(14-18)32-3/h4-16H,1-3H3,(H,28,29). The second-order valence-corrected chi connectivity index (χ2v) is 7.89. The minimum Gasteiger partial charge on any atom is -0.493 e. The summed E-state index contributed by atoms with van der Waals surface area (Å²) in [6, 6.07) is 18.6. The Morgan fingerprint density at radius 1 is 0.912 bits per heavy atom. The maximum atomic E-state index is 12.4. The number of hydrazone groups is 1. The Labute approximate surface area is 205 Å². The van der Waals surface area contributed by atoms with Crippen molar-refractivity contribution in [1.82, 2.24) is 5.43 Å². The van der Waals surface area contributed by atoms with Gasteiger partial charge in [0.1, 0.15) is 11.5 Å². The van der Waals surface area contributed by atoms with Crippen molar-refractivity contribution >= 4 is 34.0 Å². The molecule has 9 heteroatoms. The third kappa shape index (κ3) is 6.82. The van der Waals surface area contributed by atoms with Crippen LogP contribution in [-0.4, -0.2) is 38.4 Å². The number of amides is 1. The zero-order valence-electron chi connectivity index (χ0n) is 18.8. The summed E-state index contributed by atoms with van der Waals surface area (Å²) in [5.41, 5.74) is 3.47. The maximum absolute atomic E-state index is 12.4. The average molecular weight is 527 g/mol. The highest BCUT2D eigenvalue weighted by molar-refractivity contribution is 9.10. The summed E-state index contributed by atoms with van der Waals surface area (Å²) < 4.78 is 22.3. The van der Waals surface area contributed by atoms with Crippen molar-refractivity contribution in [2.75, 3.05) is 14.2 Å². The van der Waals surface area contributed by atoms with E-state index in [9.17, 15) is 9.59 Å². The summed E-state index contributed by atoms with van der Waals surface area (Å²) >= 11 is 3.35. The lowest BCUT2D eigenvalue weighted by atomic mass is 10.2. The van der Waals surface area contributed by atoms with Gasteiger partial charge in [-0.05, 0) is 79.2 Å². The lowest BCUT2D eigenvalue weighted by Crippen LogP contribution is -2.33. The normalized spacial score (nSPS) is 11.5. The van der Waals surface area contributed by atoms with E-state index >= 15 is 0 Å². The van der Waals surface area contributed by atoms with Gasteiger partial charge in [-0.3, -0.25) is 4.79 Å². The Morgan fingerprint density at radius 3 is 2.21 bits per heavy atom. The number of carbonyl (C=O) groups is 2. The van der Waals surface area contributed by atoms with Crippen LogP contribution in [0.1, 0.15) is 22.8 Å². The summed E-state index contributed by atoms with van der Waals surface area (Å²) in [5.74, 6) is 0.964. The van der Waals surface area contributed by atoms with Crippen molar-refractivity contribution in [2.45, 2.75) is 13.0 Å². The minimum absolute atomic E-state index is 0.325. The molecule has 0 bridgehead atoms. The first-order valence-corrected chi connectivity index (χ1v) is 11.0. The van der Waals surface area contributed by atoms with Crippen LogP contribution >= 0.6 is 15.9 Å². The van der Waals surface area contributed by atoms with E-state index in [1.54, 1.807) is 61.5 Å². The van der Waals surface area contributed by atoms with E-state index < -0.39 is 12.1 Å². The molecule has 0 spiro atoms. The number of nitrogens with one attached hydrogen (secondary N) is 1. The molecule has 0 aromatic heterocycles. The number of rotatable bonds is 9. The van der Waals surface area contributed by atoms with Gasteiger partial charge in [-0.2, -0.15) is 5.10 Å². The van der Waals surface area contributed by atoms with Crippen molar-refractivity contribution in [3.8, 4) is 23.0 Å². The van der Waals surface area contributed by atoms with Gasteiger partial charge in [0.25, 0.3) is 5.91 Å². The Hall–Kier alpha value is -3.85. The van der Waals surface area contributed by atoms with Gasteiger partial charge in [-0.25, -0.2) is 10.2 Å². The molecule has 1 N–H and O–H groups in total. The lowest BCUT2D eigenvalue weighted by molar-refractivity contribution is -0.127. The highest BCUT2D eigenvalue weighted by Crippen LogP contribution is 2.28. The molecule has 176 valence electrons. The molecule has 0 saturated carbocycles. The molecule has 0 aliphatic rings. The first-order valence-electron chi connectivity index (χ1n) is 10.2. The Kier molecular flexibility index (Phi) is 8.64. The van der Waals surface area contributed by atoms with E-state index in [0.717, 1.165) is 4.47 Å². The van der Waals surface area contributed by atoms with Crippen LogP contribution in [0.3, 0.4) is 0 Å². The zero-order valence-corrected chi connectivity index (χ0v) is 20.4. The Bertz CT molecular complexity index is 1160. The lowest BCUT2D eigenvalue weighted by Gasteiger charge is -2.12. The third-order valence-electron chi connectivity index (χ3n) is 4.59. The van der Waals surface area contributed by atoms with Gasteiger partial charge in [0.2, 0.25) is 0 Å². The molecule has 3 aromatic carbocycles. The van der Waals surface area contributed by atoms with Crippen molar-refractivity contribution in [3.63, 3.8) is 0 Å². The smallest absolute Gasteiger partial charge is 0.343 e. The van der Waals surface area contributed by atoms with E-state index in [-0.39, 0.29) is 5.91 Å². The molecule has 0 fully saturated rings. The van der Waals surface area contributed by atoms with Crippen molar-refractivity contribution in [3.05, 3.63) is 82.3 Å². The quantitative estimate of drug-likeness (QED) is 0.189. The molecule has 0 heterocycles. The number of benzene rings is 3. The summed E-state index contributed by atoms with van der Waals surface area (Å²) in [6.07, 6.45) is 0.751. The monoisotopic (exact) mass is 526 g/mol. The first-order chi connectivity index (χ1) is 16.4. The summed E-state index contributed by atoms with van der Waals surface area (Å²) in [4.78, 5) is 24.6. The van der Waals surface area contributed by atoms with Crippen LogP contribution in [-0.2, 0) is 4.79 Å². The van der Waals surface area contributed by atoms with Crippen LogP contribution in [0.25, 0.3) is 0 Å². The van der Waals surface area contributed by atoms with Crippen molar-refractivity contribution in [2.24, 2.45) is 5.10 Å². The van der Waals surface area contributed by atoms with Gasteiger partial charge >= 0.3 is 5.97 Å². The van der Waals surface area contributed by atoms with E-state index in [4.69, 9.17) is 18.9 Å². The molecule has 1 unspecified atom stereocenters. The molecule has 34 heavy (non-hydrogen) atoms. The van der Waals surface area contributed by atoms with Crippen LogP contribution in [0.5, 0.6) is 23.0 Å². The minimum atomic E-state index is -0.725. The average Bonchev–Trinajstić information content (AvgIpc) is 2.85.